The van der Waals surface area contributed by atoms with Crippen LogP contribution in [0.2, 0.25) is 0 Å². The zero-order chi connectivity index (χ0) is 17.1. The van der Waals surface area contributed by atoms with Gasteiger partial charge in [-0.1, -0.05) is 18.2 Å². The zero-order valence-electron chi connectivity index (χ0n) is 13.9. The maximum atomic E-state index is 12.6. The molecule has 1 amide bonds. The Hall–Kier alpha value is -2.63. The molecule has 3 rings (SSSR count). The van der Waals surface area contributed by atoms with Gasteiger partial charge >= 0.3 is 0 Å². The monoisotopic (exact) mass is 327 g/mol. The molecular formula is C18H21N3O3. The SMILES string of the molecule is Cc1cc(=O)n(CCC(=O)N2Cc3ccccc3OC(C)C2)cn1. The number of rotatable bonds is 3. The fourth-order valence-corrected chi connectivity index (χ4v) is 2.83. The molecule has 0 radical (unpaired) electrons. The molecule has 1 atom stereocenters. The highest BCUT2D eigenvalue weighted by atomic mass is 16.5. The summed E-state index contributed by atoms with van der Waals surface area (Å²) in [6, 6.07) is 9.25. The van der Waals surface area contributed by atoms with Gasteiger partial charge in [0.15, 0.2) is 0 Å². The number of nitrogens with zero attached hydrogens (tertiary/aromatic N) is 3. The Morgan fingerprint density at radius 1 is 1.38 bits per heavy atom. The van der Waals surface area contributed by atoms with Gasteiger partial charge in [0.2, 0.25) is 5.91 Å². The predicted molar refractivity (Wildman–Crippen MR) is 89.8 cm³/mol. The van der Waals surface area contributed by atoms with Gasteiger partial charge in [0.1, 0.15) is 11.9 Å². The first-order valence-electron chi connectivity index (χ1n) is 8.08. The number of ether oxygens (including phenoxy) is 1. The van der Waals surface area contributed by atoms with Crippen LogP contribution in [0.25, 0.3) is 0 Å². The van der Waals surface area contributed by atoms with Gasteiger partial charge in [0, 0.05) is 36.8 Å². The molecule has 2 aromatic rings. The summed E-state index contributed by atoms with van der Waals surface area (Å²) in [7, 11) is 0. The third-order valence-electron chi connectivity index (χ3n) is 4.07. The number of fused-ring (bicyclic) bond motifs is 1. The first-order valence-corrected chi connectivity index (χ1v) is 8.08. The molecule has 1 aliphatic heterocycles. The van der Waals surface area contributed by atoms with Crippen LogP contribution in [-0.2, 0) is 17.9 Å². The minimum Gasteiger partial charge on any atom is -0.489 e. The van der Waals surface area contributed by atoms with Crippen molar-refractivity contribution >= 4 is 5.91 Å². The normalized spacial score (nSPS) is 16.9. The molecule has 126 valence electrons. The summed E-state index contributed by atoms with van der Waals surface area (Å²) in [5.74, 6) is 0.842. The molecule has 0 saturated heterocycles. The van der Waals surface area contributed by atoms with Crippen molar-refractivity contribution < 1.29 is 9.53 Å². The molecular weight excluding hydrogens is 306 g/mol. The maximum absolute atomic E-state index is 12.6. The minimum atomic E-state index is -0.131. The summed E-state index contributed by atoms with van der Waals surface area (Å²) >= 11 is 0. The van der Waals surface area contributed by atoms with Crippen LogP contribution in [0.15, 0.2) is 41.5 Å². The topological polar surface area (TPSA) is 64.4 Å². The second kappa shape index (κ2) is 6.86. The quantitative estimate of drug-likeness (QED) is 0.861. The molecule has 1 aliphatic rings. The van der Waals surface area contributed by atoms with E-state index in [1.807, 2.05) is 31.2 Å². The molecule has 0 saturated carbocycles. The van der Waals surface area contributed by atoms with Gasteiger partial charge in [-0.15, -0.1) is 0 Å². The van der Waals surface area contributed by atoms with Crippen molar-refractivity contribution in [1.29, 1.82) is 0 Å². The lowest BCUT2D eigenvalue weighted by Crippen LogP contribution is -2.37. The van der Waals surface area contributed by atoms with Crippen LogP contribution in [0, 0.1) is 6.92 Å². The predicted octanol–water partition coefficient (Wildman–Crippen LogP) is 1.75. The third-order valence-corrected chi connectivity index (χ3v) is 4.07. The van der Waals surface area contributed by atoms with E-state index in [9.17, 15) is 9.59 Å². The van der Waals surface area contributed by atoms with E-state index in [1.165, 1.54) is 17.0 Å². The van der Waals surface area contributed by atoms with Crippen LogP contribution >= 0.6 is 0 Å². The average molecular weight is 327 g/mol. The van der Waals surface area contributed by atoms with Crippen molar-refractivity contribution in [1.82, 2.24) is 14.5 Å². The van der Waals surface area contributed by atoms with E-state index in [2.05, 4.69) is 4.98 Å². The first kappa shape index (κ1) is 16.2. The molecule has 0 spiro atoms. The van der Waals surface area contributed by atoms with Gasteiger partial charge in [-0.2, -0.15) is 0 Å². The number of hydrogen-bond acceptors (Lipinski definition) is 4. The molecule has 0 N–H and O–H groups in total. The highest BCUT2D eigenvalue weighted by Gasteiger charge is 2.23. The van der Waals surface area contributed by atoms with E-state index in [0.717, 1.165) is 11.3 Å². The Morgan fingerprint density at radius 3 is 2.96 bits per heavy atom. The molecule has 1 aromatic heterocycles. The summed E-state index contributed by atoms with van der Waals surface area (Å²) < 4.78 is 7.34. The van der Waals surface area contributed by atoms with E-state index < -0.39 is 0 Å². The number of aryl methyl sites for hydroxylation is 2. The maximum Gasteiger partial charge on any atom is 0.253 e. The van der Waals surface area contributed by atoms with Crippen LogP contribution in [0.1, 0.15) is 24.6 Å². The van der Waals surface area contributed by atoms with Crippen molar-refractivity contribution in [2.45, 2.75) is 39.5 Å². The Labute approximate surface area is 140 Å². The van der Waals surface area contributed by atoms with Crippen LogP contribution in [-0.4, -0.2) is 33.0 Å². The number of para-hydroxylation sites is 1. The average Bonchev–Trinajstić information content (AvgIpc) is 2.71. The molecule has 1 unspecified atom stereocenters. The molecule has 2 heterocycles. The smallest absolute Gasteiger partial charge is 0.253 e. The van der Waals surface area contributed by atoms with Crippen molar-refractivity contribution in [2.24, 2.45) is 0 Å². The van der Waals surface area contributed by atoms with Gasteiger partial charge in [-0.05, 0) is 19.9 Å². The standard InChI is InChI=1S/C18H21N3O3/c1-13-9-18(23)20(12-19-13)8-7-17(22)21-10-14(2)24-16-6-4-3-5-15(16)11-21/h3-6,9,12,14H,7-8,10-11H2,1-2H3. The lowest BCUT2D eigenvalue weighted by molar-refractivity contribution is -0.132. The van der Waals surface area contributed by atoms with Gasteiger partial charge in [-0.25, -0.2) is 4.98 Å². The number of aromatic nitrogens is 2. The summed E-state index contributed by atoms with van der Waals surface area (Å²) in [6.07, 6.45) is 1.69. The Kier molecular flexibility index (Phi) is 4.64. The summed E-state index contributed by atoms with van der Waals surface area (Å²) in [4.78, 5) is 30.4. The van der Waals surface area contributed by atoms with Crippen molar-refractivity contribution in [3.8, 4) is 5.75 Å². The van der Waals surface area contributed by atoms with Gasteiger partial charge in [-0.3, -0.25) is 14.2 Å². The Morgan fingerprint density at radius 2 is 2.17 bits per heavy atom. The molecule has 1 aromatic carbocycles. The second-order valence-electron chi connectivity index (χ2n) is 6.12. The van der Waals surface area contributed by atoms with Crippen LogP contribution in [0.5, 0.6) is 5.75 Å². The molecule has 0 bridgehead atoms. The fourth-order valence-electron chi connectivity index (χ4n) is 2.83. The minimum absolute atomic E-state index is 0.00891. The molecule has 6 heteroatoms. The second-order valence-corrected chi connectivity index (χ2v) is 6.12. The molecule has 24 heavy (non-hydrogen) atoms. The van der Waals surface area contributed by atoms with Crippen molar-refractivity contribution in [2.75, 3.05) is 6.54 Å². The number of carbonyl (C=O) groups is 1. The van der Waals surface area contributed by atoms with E-state index in [1.54, 1.807) is 11.8 Å². The Bertz CT molecular complexity index is 800. The highest BCUT2D eigenvalue weighted by molar-refractivity contribution is 5.76. The largest absolute Gasteiger partial charge is 0.489 e. The lowest BCUT2D eigenvalue weighted by Gasteiger charge is -2.22. The van der Waals surface area contributed by atoms with Gasteiger partial charge in [0.25, 0.3) is 5.56 Å². The molecule has 6 nitrogen and oxygen atoms in total. The number of benzene rings is 1. The van der Waals surface area contributed by atoms with Crippen molar-refractivity contribution in [3.05, 3.63) is 58.3 Å². The molecule has 0 fully saturated rings. The van der Waals surface area contributed by atoms with Crippen LogP contribution < -0.4 is 10.3 Å². The number of amides is 1. The first-order chi connectivity index (χ1) is 11.5. The summed E-state index contributed by atoms with van der Waals surface area (Å²) in [6.45, 7) is 5.12. The van der Waals surface area contributed by atoms with Crippen LogP contribution in [0.4, 0.5) is 0 Å². The summed E-state index contributed by atoms with van der Waals surface area (Å²) in [5.41, 5.74) is 1.55. The lowest BCUT2D eigenvalue weighted by atomic mass is 10.2. The van der Waals surface area contributed by atoms with E-state index in [0.29, 0.717) is 25.3 Å². The summed E-state index contributed by atoms with van der Waals surface area (Å²) in [5, 5.41) is 0. The molecule has 0 aliphatic carbocycles. The van der Waals surface area contributed by atoms with E-state index in [-0.39, 0.29) is 24.0 Å². The van der Waals surface area contributed by atoms with Gasteiger partial charge < -0.3 is 9.64 Å². The zero-order valence-corrected chi connectivity index (χ0v) is 13.9. The van der Waals surface area contributed by atoms with Crippen molar-refractivity contribution in [3.63, 3.8) is 0 Å². The van der Waals surface area contributed by atoms with E-state index in [4.69, 9.17) is 4.74 Å². The highest BCUT2D eigenvalue weighted by Crippen LogP contribution is 2.24. The van der Waals surface area contributed by atoms with Gasteiger partial charge in [0.05, 0.1) is 12.9 Å². The third kappa shape index (κ3) is 3.64. The van der Waals surface area contributed by atoms with E-state index >= 15 is 0 Å². The number of hydrogen-bond donors (Lipinski definition) is 0. The number of carbonyl (C=O) groups excluding carboxylic acids is 1. The Balaban J connectivity index is 1.69. The fraction of sp³-hybridized carbons (Fsp3) is 0.389. The van der Waals surface area contributed by atoms with Crippen LogP contribution in [0.3, 0.4) is 0 Å².